The molecule has 2 saturated heterocycles. The van der Waals surface area contributed by atoms with E-state index in [-0.39, 0.29) is 32.0 Å². The van der Waals surface area contributed by atoms with Gasteiger partial charge in [0.15, 0.2) is 4.75 Å². The quantitative estimate of drug-likeness (QED) is 0.362. The van der Waals surface area contributed by atoms with Gasteiger partial charge in [-0.1, -0.05) is 30.3 Å². The minimum Gasteiger partial charge on any atom is -0.492 e. The Bertz CT molecular complexity index is 1170. The second-order valence-corrected chi connectivity index (χ2v) is 11.7. The molecule has 0 bridgehead atoms. The molecule has 2 aromatic carbocycles. The first-order valence-electron chi connectivity index (χ1n) is 12.4. The Hall–Kier alpha value is -2.50. The van der Waals surface area contributed by atoms with Gasteiger partial charge in [-0.05, 0) is 60.1 Å². The first-order chi connectivity index (χ1) is 17.3. The van der Waals surface area contributed by atoms with Gasteiger partial charge in [0, 0.05) is 45.7 Å². The van der Waals surface area contributed by atoms with E-state index in [4.69, 9.17) is 15.2 Å². The molecule has 0 atom stereocenters. The van der Waals surface area contributed by atoms with Crippen LogP contribution >= 0.6 is 0 Å². The van der Waals surface area contributed by atoms with Crippen molar-refractivity contribution >= 4 is 15.9 Å². The number of carbonyl (C=O) groups excluding carboxylic acids is 1. The molecule has 0 aliphatic carbocycles. The van der Waals surface area contributed by atoms with Crippen LogP contribution in [-0.2, 0) is 19.6 Å². The van der Waals surface area contributed by atoms with Crippen LogP contribution in [0.1, 0.15) is 42.7 Å². The van der Waals surface area contributed by atoms with Gasteiger partial charge in [-0.25, -0.2) is 18.2 Å². The third-order valence-electron chi connectivity index (χ3n) is 7.36. The average Bonchev–Trinajstić information content (AvgIpc) is 2.91. The molecular weight excluding hydrogens is 482 g/mol. The van der Waals surface area contributed by atoms with Crippen LogP contribution in [0.2, 0.25) is 0 Å². The van der Waals surface area contributed by atoms with Crippen molar-refractivity contribution in [1.29, 1.82) is 0 Å². The van der Waals surface area contributed by atoms with E-state index in [1.165, 1.54) is 9.87 Å². The molecule has 4 N–H and O–H groups in total. The zero-order chi connectivity index (χ0) is 25.8. The van der Waals surface area contributed by atoms with Crippen LogP contribution < -0.4 is 16.0 Å². The van der Waals surface area contributed by atoms with Crippen molar-refractivity contribution in [2.75, 3.05) is 39.5 Å². The Kier molecular flexibility index (Phi) is 8.31. The molecule has 0 aromatic heterocycles. The number of aryl methyl sites for hydroxylation is 1. The number of nitrogens with zero attached hydrogens (tertiary/aromatic N) is 1. The summed E-state index contributed by atoms with van der Waals surface area (Å²) in [7, 11) is -3.96. The normalized spacial score (nSPS) is 19.1. The number of amides is 1. The third kappa shape index (κ3) is 5.14. The monoisotopic (exact) mass is 517 g/mol. The molecule has 2 fully saturated rings. The summed E-state index contributed by atoms with van der Waals surface area (Å²) in [6, 6.07) is 14.3. The number of nitrogens with two attached hydrogens (primary N) is 1. The molecule has 2 heterocycles. The Balaban J connectivity index is 1.47. The average molecular weight is 518 g/mol. The fourth-order valence-corrected chi connectivity index (χ4v) is 7.42. The van der Waals surface area contributed by atoms with Crippen LogP contribution in [0.5, 0.6) is 5.75 Å². The van der Waals surface area contributed by atoms with Gasteiger partial charge in [-0.3, -0.25) is 10.0 Å². The van der Waals surface area contributed by atoms with E-state index in [0.29, 0.717) is 39.1 Å². The summed E-state index contributed by atoms with van der Waals surface area (Å²) in [5, 5.41) is 9.25. The van der Waals surface area contributed by atoms with Crippen molar-refractivity contribution in [3.05, 3.63) is 53.6 Å². The van der Waals surface area contributed by atoms with Crippen LogP contribution in [-0.4, -0.2) is 68.0 Å². The predicted octanol–water partition coefficient (Wildman–Crippen LogP) is 2.56. The maximum Gasteiger partial charge on any atom is 0.266 e. The molecular formula is C26H35N3O6S. The second kappa shape index (κ2) is 11.3. The molecule has 36 heavy (non-hydrogen) atoms. The lowest BCUT2D eigenvalue weighted by molar-refractivity contribution is -0.134. The number of nitrogens with one attached hydrogen (secondary N) is 1. The van der Waals surface area contributed by atoms with Crippen LogP contribution in [0.25, 0.3) is 11.1 Å². The predicted molar refractivity (Wildman–Crippen MR) is 136 cm³/mol. The molecule has 0 radical (unpaired) electrons. The summed E-state index contributed by atoms with van der Waals surface area (Å²) in [5.41, 5.74) is 11.6. The van der Waals surface area contributed by atoms with Gasteiger partial charge >= 0.3 is 0 Å². The van der Waals surface area contributed by atoms with Crippen molar-refractivity contribution in [2.24, 2.45) is 5.73 Å². The summed E-state index contributed by atoms with van der Waals surface area (Å²) >= 11 is 0. The fourth-order valence-electron chi connectivity index (χ4n) is 5.28. The summed E-state index contributed by atoms with van der Waals surface area (Å²) in [6.45, 7) is 3.99. The van der Waals surface area contributed by atoms with E-state index in [0.717, 1.165) is 22.4 Å². The smallest absolute Gasteiger partial charge is 0.266 e. The molecule has 9 nitrogen and oxygen atoms in total. The maximum absolute atomic E-state index is 13.5. The van der Waals surface area contributed by atoms with Gasteiger partial charge < -0.3 is 15.2 Å². The van der Waals surface area contributed by atoms with Crippen molar-refractivity contribution < 1.29 is 27.9 Å². The van der Waals surface area contributed by atoms with Gasteiger partial charge in [0.05, 0.1) is 0 Å². The molecule has 2 aliphatic rings. The molecule has 196 valence electrons. The molecule has 10 heteroatoms. The topological polar surface area (TPSA) is 131 Å². The maximum atomic E-state index is 13.5. The molecule has 2 aromatic rings. The Morgan fingerprint density at radius 2 is 1.92 bits per heavy atom. The number of hydrogen-bond acceptors (Lipinski definition) is 7. The number of sulfonamides is 1. The van der Waals surface area contributed by atoms with Gasteiger partial charge in [0.2, 0.25) is 10.0 Å². The molecule has 4 rings (SSSR count). The zero-order valence-corrected chi connectivity index (χ0v) is 21.4. The van der Waals surface area contributed by atoms with E-state index in [1.54, 1.807) is 5.48 Å². The number of rotatable bonds is 8. The minimum absolute atomic E-state index is 0.0285. The van der Waals surface area contributed by atoms with Gasteiger partial charge in [0.1, 0.15) is 12.4 Å². The summed E-state index contributed by atoms with van der Waals surface area (Å²) < 4.78 is 37.8. The third-order valence-corrected chi connectivity index (χ3v) is 9.98. The van der Waals surface area contributed by atoms with E-state index >= 15 is 0 Å². The van der Waals surface area contributed by atoms with E-state index in [1.807, 2.05) is 18.2 Å². The van der Waals surface area contributed by atoms with Gasteiger partial charge in [-0.15, -0.1) is 0 Å². The van der Waals surface area contributed by atoms with E-state index in [9.17, 15) is 18.4 Å². The molecule has 1 amide bonds. The number of carbonyl (C=O) groups is 1. The highest BCUT2D eigenvalue weighted by Crippen LogP contribution is 2.38. The van der Waals surface area contributed by atoms with Crippen LogP contribution in [0.4, 0.5) is 0 Å². The molecule has 0 unspecified atom stereocenters. The number of ether oxygens (including phenoxy) is 2. The van der Waals surface area contributed by atoms with E-state index < -0.39 is 20.7 Å². The first kappa shape index (κ1) is 26.6. The molecule has 2 aliphatic heterocycles. The second-order valence-electron chi connectivity index (χ2n) is 9.47. The van der Waals surface area contributed by atoms with E-state index in [2.05, 4.69) is 31.2 Å². The van der Waals surface area contributed by atoms with Crippen molar-refractivity contribution in [2.45, 2.75) is 43.3 Å². The number of hydrogen-bond donors (Lipinski definition) is 3. The van der Waals surface area contributed by atoms with Crippen molar-refractivity contribution in [3.8, 4) is 16.9 Å². The zero-order valence-electron chi connectivity index (χ0n) is 20.6. The van der Waals surface area contributed by atoms with Crippen LogP contribution in [0.15, 0.2) is 42.5 Å². The lowest BCUT2D eigenvalue weighted by Crippen LogP contribution is -2.60. The highest BCUT2D eigenvalue weighted by atomic mass is 32.2. The van der Waals surface area contributed by atoms with Gasteiger partial charge in [0.25, 0.3) is 5.91 Å². The van der Waals surface area contributed by atoms with Crippen molar-refractivity contribution in [1.82, 2.24) is 9.79 Å². The number of hydroxylamine groups is 1. The van der Waals surface area contributed by atoms with Gasteiger partial charge in [-0.2, -0.15) is 0 Å². The standard InChI is InChI=1S/C26H35N3O6S/c1-19-17-21(5-6-24(19)22-3-2-4-23(18-22)35-16-11-27)20-7-12-29(13-8-20)36(32,33)26(25(30)28-31)9-14-34-15-10-26/h2-6,17-18,20,31H,7-16,27H2,1H3,(H,28,30). The Morgan fingerprint density at radius 3 is 2.56 bits per heavy atom. The number of piperidine rings is 1. The SMILES string of the molecule is Cc1cc(C2CCN(S(=O)(=O)C3(C(=O)NO)CCOCC3)CC2)ccc1-c1cccc(OCCN)c1. The van der Waals surface area contributed by atoms with Crippen LogP contribution in [0.3, 0.4) is 0 Å². The van der Waals surface area contributed by atoms with Crippen LogP contribution in [0, 0.1) is 6.92 Å². The molecule has 0 saturated carbocycles. The largest absolute Gasteiger partial charge is 0.492 e. The summed E-state index contributed by atoms with van der Waals surface area (Å²) in [4.78, 5) is 12.5. The fraction of sp³-hybridized carbons (Fsp3) is 0.500. The minimum atomic E-state index is -3.96. The summed E-state index contributed by atoms with van der Waals surface area (Å²) in [6.07, 6.45) is 1.38. The first-order valence-corrected chi connectivity index (χ1v) is 13.8. The number of benzene rings is 2. The Morgan fingerprint density at radius 1 is 1.19 bits per heavy atom. The lowest BCUT2D eigenvalue weighted by Gasteiger charge is -2.40. The highest BCUT2D eigenvalue weighted by molar-refractivity contribution is 7.91. The lowest BCUT2D eigenvalue weighted by atomic mass is 9.87. The molecule has 0 spiro atoms. The van der Waals surface area contributed by atoms with Crippen molar-refractivity contribution in [3.63, 3.8) is 0 Å². The summed E-state index contributed by atoms with van der Waals surface area (Å²) in [5.74, 6) is 0.129. The highest BCUT2D eigenvalue weighted by Gasteiger charge is 2.54. The Labute approximate surface area is 212 Å².